The normalized spacial score (nSPS) is 10.3. The predicted octanol–water partition coefficient (Wildman–Crippen LogP) is 3.06. The van der Waals surface area contributed by atoms with Crippen molar-refractivity contribution in [3.8, 4) is 0 Å². The third-order valence-corrected chi connectivity index (χ3v) is 4.09. The minimum absolute atomic E-state index is 0.0682. The summed E-state index contributed by atoms with van der Waals surface area (Å²) in [6, 6.07) is 7.16. The van der Waals surface area contributed by atoms with Crippen LogP contribution in [0.25, 0.3) is 0 Å². The van der Waals surface area contributed by atoms with E-state index in [9.17, 15) is 9.59 Å². The van der Waals surface area contributed by atoms with Gasteiger partial charge in [-0.25, -0.2) is 4.98 Å². The van der Waals surface area contributed by atoms with Crippen LogP contribution >= 0.6 is 43.5 Å². The summed E-state index contributed by atoms with van der Waals surface area (Å²) in [5, 5.41) is 2.76. The Labute approximate surface area is 136 Å². The van der Waals surface area contributed by atoms with E-state index in [1.807, 2.05) is 6.07 Å². The first kappa shape index (κ1) is 15.2. The van der Waals surface area contributed by atoms with Crippen LogP contribution in [0.2, 0.25) is 5.15 Å². The summed E-state index contributed by atoms with van der Waals surface area (Å²) in [5.74, 6) is -0.332. The van der Waals surface area contributed by atoms with E-state index in [4.69, 9.17) is 11.6 Å². The van der Waals surface area contributed by atoms with Crippen LogP contribution in [-0.4, -0.2) is 15.5 Å². The lowest BCUT2D eigenvalue weighted by molar-refractivity contribution is -0.116. The van der Waals surface area contributed by atoms with E-state index < -0.39 is 5.56 Å². The number of carbonyl (C=O) groups is 1. The van der Waals surface area contributed by atoms with E-state index in [1.54, 1.807) is 18.2 Å². The number of halogens is 3. The Bertz CT molecular complexity index is 718. The zero-order chi connectivity index (χ0) is 14.7. The number of hydrogen-bond acceptors (Lipinski definition) is 3. The molecule has 0 bridgehead atoms. The molecule has 1 heterocycles. The zero-order valence-corrected chi connectivity index (χ0v) is 13.9. The fourth-order valence-electron chi connectivity index (χ4n) is 1.48. The van der Waals surface area contributed by atoms with Crippen molar-refractivity contribution in [1.29, 1.82) is 0 Å². The van der Waals surface area contributed by atoms with Crippen molar-refractivity contribution >= 4 is 55.1 Å². The first-order chi connectivity index (χ1) is 9.47. The maximum absolute atomic E-state index is 11.9. The summed E-state index contributed by atoms with van der Waals surface area (Å²) in [4.78, 5) is 27.5. The molecule has 20 heavy (non-hydrogen) atoms. The molecule has 0 aliphatic carbocycles. The number of carbonyl (C=O) groups excluding carboxylic acids is 1. The number of hydrogen-bond donors (Lipinski definition) is 1. The first-order valence-corrected chi connectivity index (χ1v) is 7.39. The van der Waals surface area contributed by atoms with Crippen molar-refractivity contribution in [1.82, 2.24) is 9.55 Å². The standard InChI is InChI=1S/C12H8Br2ClN3O2/c13-7-2-1-3-8(4-7)17-9(19)5-18-6-16-11(15)10(14)12(18)20/h1-4,6H,5H2,(H,17,19). The lowest BCUT2D eigenvalue weighted by Crippen LogP contribution is -2.28. The van der Waals surface area contributed by atoms with Gasteiger partial charge in [0.05, 0.1) is 6.33 Å². The van der Waals surface area contributed by atoms with Crippen LogP contribution in [0.3, 0.4) is 0 Å². The Morgan fingerprint density at radius 2 is 2.15 bits per heavy atom. The quantitative estimate of drug-likeness (QED) is 0.775. The van der Waals surface area contributed by atoms with E-state index in [2.05, 4.69) is 42.2 Å². The zero-order valence-electron chi connectivity index (χ0n) is 9.94. The van der Waals surface area contributed by atoms with Gasteiger partial charge in [0.15, 0.2) is 5.15 Å². The largest absolute Gasteiger partial charge is 0.324 e. The van der Waals surface area contributed by atoms with Gasteiger partial charge in [-0.05, 0) is 34.1 Å². The Balaban J connectivity index is 2.13. The van der Waals surface area contributed by atoms with Gasteiger partial charge in [0.1, 0.15) is 11.0 Å². The van der Waals surface area contributed by atoms with Crippen molar-refractivity contribution in [3.63, 3.8) is 0 Å². The van der Waals surface area contributed by atoms with Gasteiger partial charge in [0.2, 0.25) is 5.91 Å². The highest BCUT2D eigenvalue weighted by atomic mass is 79.9. The van der Waals surface area contributed by atoms with Crippen molar-refractivity contribution < 1.29 is 4.79 Å². The Morgan fingerprint density at radius 1 is 1.40 bits per heavy atom. The molecule has 0 saturated heterocycles. The first-order valence-electron chi connectivity index (χ1n) is 5.43. The smallest absolute Gasteiger partial charge is 0.269 e. The molecule has 0 aliphatic rings. The van der Waals surface area contributed by atoms with Crippen molar-refractivity contribution in [2.45, 2.75) is 6.54 Å². The topological polar surface area (TPSA) is 64.0 Å². The maximum Gasteiger partial charge on any atom is 0.269 e. The van der Waals surface area contributed by atoms with E-state index in [-0.39, 0.29) is 22.1 Å². The molecule has 0 aliphatic heterocycles. The van der Waals surface area contributed by atoms with Gasteiger partial charge in [-0.3, -0.25) is 14.2 Å². The summed E-state index contributed by atoms with van der Waals surface area (Å²) in [5.41, 5.74) is 0.229. The fourth-order valence-corrected chi connectivity index (χ4v) is 2.33. The summed E-state index contributed by atoms with van der Waals surface area (Å²) < 4.78 is 2.16. The SMILES string of the molecule is O=C(Cn1cnc(Cl)c(Br)c1=O)Nc1cccc(Br)c1. The van der Waals surface area contributed by atoms with Crippen LogP contribution < -0.4 is 10.9 Å². The molecule has 0 radical (unpaired) electrons. The van der Waals surface area contributed by atoms with Crippen molar-refractivity contribution in [3.05, 3.63) is 55.0 Å². The molecule has 1 aromatic heterocycles. The minimum atomic E-state index is -0.408. The van der Waals surface area contributed by atoms with E-state index >= 15 is 0 Å². The molecule has 1 N–H and O–H groups in total. The monoisotopic (exact) mass is 419 g/mol. The Kier molecular flexibility index (Phi) is 4.95. The predicted molar refractivity (Wildman–Crippen MR) is 84.0 cm³/mol. The molecule has 104 valence electrons. The summed E-state index contributed by atoms with van der Waals surface area (Å²) in [6.07, 6.45) is 1.23. The van der Waals surface area contributed by atoms with Gasteiger partial charge < -0.3 is 5.32 Å². The summed E-state index contributed by atoms with van der Waals surface area (Å²) >= 11 is 12.0. The summed E-state index contributed by atoms with van der Waals surface area (Å²) in [7, 11) is 0. The van der Waals surface area contributed by atoms with Crippen LogP contribution in [0.4, 0.5) is 5.69 Å². The van der Waals surface area contributed by atoms with Gasteiger partial charge >= 0.3 is 0 Å². The number of benzene rings is 1. The van der Waals surface area contributed by atoms with Crippen molar-refractivity contribution in [2.24, 2.45) is 0 Å². The molecule has 1 amide bonds. The van der Waals surface area contributed by atoms with Gasteiger partial charge in [-0.15, -0.1) is 0 Å². The molecular formula is C12H8Br2ClN3O2. The molecule has 0 atom stereocenters. The number of rotatable bonds is 3. The molecule has 1 aromatic carbocycles. The molecule has 2 rings (SSSR count). The Morgan fingerprint density at radius 3 is 2.85 bits per heavy atom. The third kappa shape index (κ3) is 3.68. The number of aromatic nitrogens is 2. The van der Waals surface area contributed by atoms with Crippen LogP contribution in [0.5, 0.6) is 0 Å². The van der Waals surface area contributed by atoms with E-state index in [1.165, 1.54) is 10.9 Å². The van der Waals surface area contributed by atoms with Crippen LogP contribution in [0.1, 0.15) is 0 Å². The van der Waals surface area contributed by atoms with E-state index in [0.717, 1.165) is 4.47 Å². The highest BCUT2D eigenvalue weighted by Crippen LogP contribution is 2.16. The van der Waals surface area contributed by atoms with Gasteiger partial charge in [0, 0.05) is 10.2 Å². The number of nitrogens with one attached hydrogen (secondary N) is 1. The number of nitrogens with zero attached hydrogens (tertiary/aromatic N) is 2. The number of anilines is 1. The second kappa shape index (κ2) is 6.51. The third-order valence-electron chi connectivity index (χ3n) is 2.36. The lowest BCUT2D eigenvalue weighted by atomic mass is 10.3. The highest BCUT2D eigenvalue weighted by molar-refractivity contribution is 9.10. The molecule has 0 fully saturated rings. The molecular weight excluding hydrogens is 413 g/mol. The average molecular weight is 421 g/mol. The lowest BCUT2D eigenvalue weighted by Gasteiger charge is -2.08. The maximum atomic E-state index is 11.9. The van der Waals surface area contributed by atoms with Crippen molar-refractivity contribution in [2.75, 3.05) is 5.32 Å². The average Bonchev–Trinajstić information content (AvgIpc) is 2.39. The molecule has 0 saturated carbocycles. The molecule has 0 spiro atoms. The highest BCUT2D eigenvalue weighted by Gasteiger charge is 2.10. The van der Waals surface area contributed by atoms with Crippen LogP contribution in [0, 0.1) is 0 Å². The molecule has 0 unspecified atom stereocenters. The second-order valence-corrected chi connectivity index (χ2v) is 5.91. The van der Waals surface area contributed by atoms with Crippen LogP contribution in [0.15, 0.2) is 44.3 Å². The number of amides is 1. The molecule has 2 aromatic rings. The second-order valence-electron chi connectivity index (χ2n) is 3.84. The van der Waals surface area contributed by atoms with E-state index in [0.29, 0.717) is 5.69 Å². The van der Waals surface area contributed by atoms with Gasteiger partial charge in [-0.2, -0.15) is 0 Å². The minimum Gasteiger partial charge on any atom is -0.324 e. The molecule has 5 nitrogen and oxygen atoms in total. The molecule has 8 heteroatoms. The van der Waals surface area contributed by atoms with Gasteiger partial charge in [-0.1, -0.05) is 33.6 Å². The Hall–Kier alpha value is -1.18. The summed E-state index contributed by atoms with van der Waals surface area (Å²) in [6.45, 7) is -0.145. The van der Waals surface area contributed by atoms with Crippen LogP contribution in [-0.2, 0) is 11.3 Å². The van der Waals surface area contributed by atoms with Gasteiger partial charge in [0.25, 0.3) is 5.56 Å². The fraction of sp³-hybridized carbons (Fsp3) is 0.0833.